The second-order valence-corrected chi connectivity index (χ2v) is 22.7. The molecule has 0 amide bonds. The van der Waals surface area contributed by atoms with Crippen LogP contribution in [0.1, 0.15) is 139 Å². The molecule has 0 saturated heterocycles. The Morgan fingerprint density at radius 3 is 2.22 bits per heavy atom. The zero-order valence-corrected chi connectivity index (χ0v) is 39.6. The third kappa shape index (κ3) is 8.04. The van der Waals surface area contributed by atoms with Gasteiger partial charge in [0.1, 0.15) is 12.2 Å². The van der Waals surface area contributed by atoms with Gasteiger partial charge in [-0.05, 0) is 142 Å². The number of likely N-dealkylation sites (N-methyl/N-ethyl adjacent to an activating group) is 1. The Bertz CT molecular complexity index is 1870. The van der Waals surface area contributed by atoms with Gasteiger partial charge in [0.2, 0.25) is 0 Å². The number of allylic oxidation sites excluding steroid dienone is 1. The fraction of sp³-hybridized carbons (Fsp3) is 0.760. The molecule has 0 spiro atoms. The Hall–Kier alpha value is -2.75. The molecule has 0 aliphatic heterocycles. The van der Waals surface area contributed by atoms with Gasteiger partial charge < -0.3 is 19.5 Å². The molecule has 1 aromatic rings. The highest BCUT2D eigenvalue weighted by molar-refractivity contribution is 6.31. The van der Waals surface area contributed by atoms with E-state index < -0.39 is 28.9 Å². The lowest BCUT2D eigenvalue weighted by Gasteiger charge is -2.72. The summed E-state index contributed by atoms with van der Waals surface area (Å²) in [6.07, 6.45) is 7.04. The fourth-order valence-electron chi connectivity index (χ4n) is 14.1. The van der Waals surface area contributed by atoms with Gasteiger partial charge in [0.15, 0.2) is 5.78 Å². The van der Waals surface area contributed by atoms with Crippen LogP contribution in [0.4, 0.5) is 0 Å². The molecule has 4 fully saturated rings. The molecule has 6 rings (SSSR count). The average molecular weight is 852 g/mol. The summed E-state index contributed by atoms with van der Waals surface area (Å²) in [6, 6.07) is 7.95. The summed E-state index contributed by atoms with van der Waals surface area (Å²) in [5.41, 5.74) is 1.21. The van der Waals surface area contributed by atoms with E-state index in [4.69, 9.17) is 21.1 Å². The first-order chi connectivity index (χ1) is 27.8. The van der Waals surface area contributed by atoms with Crippen molar-refractivity contribution in [3.8, 4) is 0 Å². The van der Waals surface area contributed by atoms with Crippen molar-refractivity contribution < 1.29 is 33.8 Å². The van der Waals surface area contributed by atoms with E-state index in [0.717, 1.165) is 75.6 Å². The van der Waals surface area contributed by atoms with Crippen LogP contribution in [-0.4, -0.2) is 84.5 Å². The van der Waals surface area contributed by atoms with Gasteiger partial charge in [-0.2, -0.15) is 0 Å². The second kappa shape index (κ2) is 16.7. The third-order valence-electron chi connectivity index (χ3n) is 17.4. The van der Waals surface area contributed by atoms with Crippen molar-refractivity contribution in [2.45, 2.75) is 152 Å². The van der Waals surface area contributed by atoms with Gasteiger partial charge >= 0.3 is 17.9 Å². The Morgan fingerprint density at radius 2 is 1.60 bits per heavy atom. The minimum Gasteiger partial charge on any atom is -0.481 e. The number of benzene rings is 1. The van der Waals surface area contributed by atoms with Crippen molar-refractivity contribution in [3.05, 3.63) is 46.0 Å². The van der Waals surface area contributed by atoms with E-state index in [1.165, 1.54) is 12.5 Å². The highest BCUT2D eigenvalue weighted by Crippen LogP contribution is 2.77. The van der Waals surface area contributed by atoms with Gasteiger partial charge in [0.05, 0.1) is 11.8 Å². The number of nitrogens with zero attached hydrogens (tertiary/aromatic N) is 2. The van der Waals surface area contributed by atoms with E-state index >= 15 is 0 Å². The van der Waals surface area contributed by atoms with Crippen molar-refractivity contribution in [3.63, 3.8) is 0 Å². The maximum atomic E-state index is 14.6. The highest BCUT2D eigenvalue weighted by Gasteiger charge is 2.71. The zero-order chi connectivity index (χ0) is 44.4. The molecule has 1 aromatic carbocycles. The molecule has 4 saturated carbocycles. The van der Waals surface area contributed by atoms with Crippen LogP contribution in [0.2, 0.25) is 5.02 Å². The van der Waals surface area contributed by atoms with E-state index in [2.05, 4.69) is 78.4 Å². The zero-order valence-electron chi connectivity index (χ0n) is 38.8. The number of Topliss-reactive ketones (excluding diaryl/α,β-unsaturated/α-hetero) is 1. The van der Waals surface area contributed by atoms with Crippen molar-refractivity contribution in [2.24, 2.45) is 56.2 Å². The van der Waals surface area contributed by atoms with E-state index in [9.17, 15) is 24.3 Å². The highest BCUT2D eigenvalue weighted by atomic mass is 35.5. The van der Waals surface area contributed by atoms with Crippen molar-refractivity contribution in [2.75, 3.05) is 33.7 Å². The lowest BCUT2D eigenvalue weighted by Crippen LogP contribution is -2.66. The molecule has 0 aromatic heterocycles. The first kappa shape index (κ1) is 46.7. The Balaban J connectivity index is 1.34. The standard InChI is InChI=1S/C50H75ClN2O7/c1-31(2)42-36(55)27-50(40(59-32(3)54)30-53(26-25-52(11)12)29-33-15-13-14-16-35(33)51)24-23-48(9)34(43(42)50)17-18-38-47(8)21-20-39(60-41(56)28-45(4,5)44(57)58)46(6,7)37(47)19-22-49(38,48)10/h13-16,31,34,37-40H,17-30H2,1-12H3,(H,57,58)/t34-,37+,38-,39+,40-,47+,48-,49-,50-/m1/s1. The molecule has 5 aliphatic carbocycles. The van der Waals surface area contributed by atoms with Crippen LogP contribution in [0, 0.1) is 56.2 Å². The van der Waals surface area contributed by atoms with Gasteiger partial charge in [-0.15, -0.1) is 0 Å². The largest absolute Gasteiger partial charge is 0.481 e. The molecule has 334 valence electrons. The summed E-state index contributed by atoms with van der Waals surface area (Å²) in [7, 11) is 4.14. The summed E-state index contributed by atoms with van der Waals surface area (Å²) in [6.45, 7) is 23.9. The SMILES string of the molecule is CC(=O)O[C@H](CN(CCN(C)C)Cc1ccccc1Cl)[C@]12CC[C@]3(C)[C@H](CC[C@@H]4[C@@]5(C)CC[C@H](OC(=O)CC(C)(C)C(=O)O)C(C)(C)[C@@H]5CC[C@]43C)C1=C(C(C)C)C(=O)C2. The molecule has 60 heavy (non-hydrogen) atoms. The number of hydrogen-bond donors (Lipinski definition) is 1. The number of rotatable bonds is 14. The number of carbonyl (C=O) groups excluding carboxylic acids is 3. The number of ketones is 1. The first-order valence-electron chi connectivity index (χ1n) is 22.8. The number of esters is 2. The molecule has 10 heteroatoms. The number of ether oxygens (including phenoxy) is 2. The lowest BCUT2D eigenvalue weighted by atomic mass is 9.33. The molecule has 0 heterocycles. The van der Waals surface area contributed by atoms with Crippen molar-refractivity contribution >= 4 is 35.3 Å². The van der Waals surface area contributed by atoms with Crippen LogP contribution in [0.25, 0.3) is 0 Å². The van der Waals surface area contributed by atoms with Crippen LogP contribution in [0.15, 0.2) is 35.4 Å². The summed E-state index contributed by atoms with van der Waals surface area (Å²) in [5, 5.41) is 10.4. The molecule has 5 aliphatic rings. The number of fused-ring (bicyclic) bond motifs is 7. The molecule has 9 nitrogen and oxygen atoms in total. The summed E-state index contributed by atoms with van der Waals surface area (Å²) in [4.78, 5) is 57.4. The number of halogens is 1. The molecule has 9 atom stereocenters. The second-order valence-electron chi connectivity index (χ2n) is 22.3. The molecule has 1 N–H and O–H groups in total. The number of hydrogen-bond acceptors (Lipinski definition) is 8. The minimum absolute atomic E-state index is 0.00209. The predicted molar refractivity (Wildman–Crippen MR) is 236 cm³/mol. The molecule has 0 unspecified atom stereocenters. The Kier molecular flexibility index (Phi) is 13.0. The third-order valence-corrected chi connectivity index (χ3v) is 17.8. The van der Waals surface area contributed by atoms with Crippen molar-refractivity contribution in [1.29, 1.82) is 0 Å². The number of carboxylic acids is 1. The van der Waals surface area contributed by atoms with Crippen LogP contribution in [0.3, 0.4) is 0 Å². The van der Waals surface area contributed by atoms with Gasteiger partial charge in [-0.1, -0.05) is 78.3 Å². The number of carboxylic acid groups (broad SMARTS) is 1. The number of carbonyl (C=O) groups is 4. The van der Waals surface area contributed by atoms with Crippen LogP contribution < -0.4 is 0 Å². The van der Waals surface area contributed by atoms with Gasteiger partial charge in [0, 0.05) is 55.4 Å². The smallest absolute Gasteiger partial charge is 0.309 e. The summed E-state index contributed by atoms with van der Waals surface area (Å²) in [5.74, 6) is -0.492. The summed E-state index contributed by atoms with van der Waals surface area (Å²) < 4.78 is 12.7. The molecule has 0 bridgehead atoms. The molecular formula is C50H75ClN2O7. The number of aliphatic carboxylic acids is 1. The Morgan fingerprint density at radius 1 is 0.917 bits per heavy atom. The van der Waals surface area contributed by atoms with Crippen LogP contribution in [0.5, 0.6) is 0 Å². The maximum absolute atomic E-state index is 14.6. The quantitative estimate of drug-likeness (QED) is 0.183. The van der Waals surface area contributed by atoms with Gasteiger partial charge in [-0.3, -0.25) is 24.1 Å². The fourth-order valence-corrected chi connectivity index (χ4v) is 14.3. The average Bonchev–Trinajstić information content (AvgIpc) is 3.45. The Labute approximate surface area is 365 Å². The monoisotopic (exact) mass is 851 g/mol. The predicted octanol–water partition coefficient (Wildman–Crippen LogP) is 10.0. The molecule has 0 radical (unpaired) electrons. The van der Waals surface area contributed by atoms with Crippen LogP contribution in [-0.2, 0) is 35.2 Å². The van der Waals surface area contributed by atoms with Gasteiger partial charge in [-0.25, -0.2) is 0 Å². The van der Waals surface area contributed by atoms with E-state index in [1.54, 1.807) is 13.8 Å². The first-order valence-corrected chi connectivity index (χ1v) is 23.2. The summed E-state index contributed by atoms with van der Waals surface area (Å²) >= 11 is 6.74. The topological polar surface area (TPSA) is 113 Å². The maximum Gasteiger partial charge on any atom is 0.309 e. The van der Waals surface area contributed by atoms with E-state index in [0.29, 0.717) is 36.4 Å². The molecular weight excluding hydrogens is 776 g/mol. The lowest BCUT2D eigenvalue weighted by molar-refractivity contribution is -0.235. The minimum atomic E-state index is -1.18. The van der Waals surface area contributed by atoms with Crippen molar-refractivity contribution in [1.82, 2.24) is 9.80 Å². The van der Waals surface area contributed by atoms with Crippen LogP contribution >= 0.6 is 11.6 Å². The van der Waals surface area contributed by atoms with E-state index in [-0.39, 0.29) is 57.8 Å². The van der Waals surface area contributed by atoms with E-state index in [1.807, 2.05) is 18.2 Å². The normalized spacial score (nSPS) is 34.2. The van der Waals surface area contributed by atoms with Gasteiger partial charge in [0.25, 0.3) is 0 Å².